The van der Waals surface area contributed by atoms with Crippen LogP contribution in [0.15, 0.2) is 17.5 Å². The second-order valence-corrected chi connectivity index (χ2v) is 7.94. The maximum atomic E-state index is 12.2. The molecule has 0 bridgehead atoms. The lowest BCUT2D eigenvalue weighted by atomic mass is 9.73. The summed E-state index contributed by atoms with van der Waals surface area (Å²) in [6.45, 7) is 3.04. The molecule has 1 aromatic rings. The summed E-state index contributed by atoms with van der Waals surface area (Å²) < 4.78 is 0. The van der Waals surface area contributed by atoms with Crippen LogP contribution in [0.1, 0.15) is 56.2 Å². The second kappa shape index (κ2) is 9.05. The van der Waals surface area contributed by atoms with Crippen molar-refractivity contribution < 1.29 is 4.79 Å². The van der Waals surface area contributed by atoms with Gasteiger partial charge in [-0.3, -0.25) is 4.79 Å². The molecule has 130 valence electrons. The minimum atomic E-state index is 0. The molecular weight excluding hydrogens is 328 g/mol. The molecule has 3 nitrogen and oxygen atoms in total. The second-order valence-electron chi connectivity index (χ2n) is 6.99. The first-order valence-corrected chi connectivity index (χ1v) is 9.68. The van der Waals surface area contributed by atoms with Gasteiger partial charge >= 0.3 is 0 Å². The molecule has 1 saturated carbocycles. The third kappa shape index (κ3) is 4.94. The van der Waals surface area contributed by atoms with Crippen LogP contribution >= 0.6 is 23.7 Å². The maximum absolute atomic E-state index is 12.2. The molecule has 1 aliphatic carbocycles. The van der Waals surface area contributed by atoms with Gasteiger partial charge in [0.05, 0.1) is 0 Å². The largest absolute Gasteiger partial charge is 0.355 e. The predicted octanol–water partition coefficient (Wildman–Crippen LogP) is 3.88. The number of halogens is 1. The Kier molecular flexibility index (Phi) is 7.38. The van der Waals surface area contributed by atoms with Gasteiger partial charge in [0.2, 0.25) is 5.91 Å². The van der Waals surface area contributed by atoms with Gasteiger partial charge in [-0.25, -0.2) is 0 Å². The van der Waals surface area contributed by atoms with Gasteiger partial charge in [0.1, 0.15) is 0 Å². The molecule has 1 amide bonds. The van der Waals surface area contributed by atoms with E-state index in [0.717, 1.165) is 26.1 Å². The number of nitrogens with one attached hydrogen (secondary N) is 2. The van der Waals surface area contributed by atoms with Crippen LogP contribution < -0.4 is 10.6 Å². The van der Waals surface area contributed by atoms with Gasteiger partial charge in [-0.1, -0.05) is 25.3 Å². The summed E-state index contributed by atoms with van der Waals surface area (Å²) >= 11 is 1.85. The molecule has 0 aromatic carbocycles. The molecule has 0 spiro atoms. The van der Waals surface area contributed by atoms with Crippen LogP contribution in [-0.4, -0.2) is 25.5 Å². The molecule has 2 aliphatic rings. The third-order valence-electron chi connectivity index (χ3n) is 5.42. The molecule has 23 heavy (non-hydrogen) atoms. The highest BCUT2D eigenvalue weighted by atomic mass is 35.5. The van der Waals surface area contributed by atoms with Gasteiger partial charge in [0, 0.05) is 23.3 Å². The SMILES string of the molecule is Cl.O=C(CCC1CCNC1)NCC1(c2cccs2)CCCCC1. The summed E-state index contributed by atoms with van der Waals surface area (Å²) in [6, 6.07) is 4.40. The number of thiophene rings is 1. The first-order chi connectivity index (χ1) is 10.8. The van der Waals surface area contributed by atoms with Crippen molar-refractivity contribution in [3.8, 4) is 0 Å². The Balaban J connectivity index is 0.00000192. The number of carbonyl (C=O) groups excluding carboxylic acids is 1. The van der Waals surface area contributed by atoms with Crippen molar-refractivity contribution in [1.29, 1.82) is 0 Å². The van der Waals surface area contributed by atoms with E-state index >= 15 is 0 Å². The van der Waals surface area contributed by atoms with E-state index in [0.29, 0.717) is 12.3 Å². The average molecular weight is 357 g/mol. The highest BCUT2D eigenvalue weighted by Gasteiger charge is 2.35. The van der Waals surface area contributed by atoms with Gasteiger partial charge in [0.25, 0.3) is 0 Å². The monoisotopic (exact) mass is 356 g/mol. The number of carbonyl (C=O) groups is 1. The van der Waals surface area contributed by atoms with E-state index in [9.17, 15) is 4.79 Å². The van der Waals surface area contributed by atoms with Crippen molar-refractivity contribution in [3.05, 3.63) is 22.4 Å². The van der Waals surface area contributed by atoms with E-state index < -0.39 is 0 Å². The molecule has 2 fully saturated rings. The molecule has 0 radical (unpaired) electrons. The Morgan fingerprint density at radius 1 is 1.35 bits per heavy atom. The summed E-state index contributed by atoms with van der Waals surface area (Å²) in [5.74, 6) is 0.945. The fourth-order valence-electron chi connectivity index (χ4n) is 3.97. The summed E-state index contributed by atoms with van der Waals surface area (Å²) in [6.07, 6.45) is 9.32. The Morgan fingerprint density at radius 3 is 2.83 bits per heavy atom. The lowest BCUT2D eigenvalue weighted by Gasteiger charge is -2.36. The Morgan fingerprint density at radius 2 is 2.17 bits per heavy atom. The Bertz CT molecular complexity index is 465. The van der Waals surface area contributed by atoms with E-state index in [2.05, 4.69) is 28.1 Å². The number of rotatable bonds is 6. The molecular formula is C18H29ClN2OS. The van der Waals surface area contributed by atoms with Gasteiger partial charge in [0.15, 0.2) is 0 Å². The van der Waals surface area contributed by atoms with E-state index in [1.54, 1.807) is 0 Å². The van der Waals surface area contributed by atoms with Crippen molar-refractivity contribution >= 4 is 29.7 Å². The van der Waals surface area contributed by atoms with Gasteiger partial charge < -0.3 is 10.6 Å². The van der Waals surface area contributed by atoms with Crippen molar-refractivity contribution in [3.63, 3.8) is 0 Å². The first-order valence-electron chi connectivity index (χ1n) is 8.80. The molecule has 2 N–H and O–H groups in total. The van der Waals surface area contributed by atoms with Gasteiger partial charge in [-0.2, -0.15) is 0 Å². The lowest BCUT2D eigenvalue weighted by Crippen LogP contribution is -2.41. The van der Waals surface area contributed by atoms with Crippen LogP contribution in [-0.2, 0) is 10.2 Å². The van der Waals surface area contributed by atoms with Crippen LogP contribution in [0.4, 0.5) is 0 Å². The first kappa shape index (κ1) is 18.8. The quantitative estimate of drug-likeness (QED) is 0.812. The number of amides is 1. The topological polar surface area (TPSA) is 41.1 Å². The van der Waals surface area contributed by atoms with E-state index in [-0.39, 0.29) is 23.7 Å². The molecule has 1 aromatic heterocycles. The third-order valence-corrected chi connectivity index (χ3v) is 6.54. The van der Waals surface area contributed by atoms with Crippen LogP contribution in [0, 0.1) is 5.92 Å². The number of hydrogen-bond acceptors (Lipinski definition) is 3. The van der Waals surface area contributed by atoms with Crippen molar-refractivity contribution in [2.45, 2.75) is 56.8 Å². The zero-order valence-electron chi connectivity index (χ0n) is 13.8. The van der Waals surface area contributed by atoms with E-state index in [1.807, 2.05) is 11.3 Å². The highest BCUT2D eigenvalue weighted by molar-refractivity contribution is 7.10. The van der Waals surface area contributed by atoms with E-state index in [4.69, 9.17) is 0 Å². The summed E-state index contributed by atoms with van der Waals surface area (Å²) in [5.41, 5.74) is 0.205. The summed E-state index contributed by atoms with van der Waals surface area (Å²) in [7, 11) is 0. The standard InChI is InChI=1S/C18H28N2OS.ClH/c21-17(7-6-15-8-11-19-13-15)20-14-18(9-2-1-3-10-18)16-5-4-12-22-16;/h4-5,12,15,19H,1-3,6-11,13-14H2,(H,20,21);1H. The molecule has 1 atom stereocenters. The Labute approximate surface area is 150 Å². The molecule has 2 heterocycles. The minimum Gasteiger partial charge on any atom is -0.355 e. The zero-order chi connectivity index (χ0) is 15.3. The number of hydrogen-bond donors (Lipinski definition) is 2. The smallest absolute Gasteiger partial charge is 0.220 e. The Hall–Kier alpha value is -0.580. The van der Waals surface area contributed by atoms with Crippen LogP contribution in [0.25, 0.3) is 0 Å². The molecule has 5 heteroatoms. The molecule has 1 saturated heterocycles. The fourth-order valence-corrected chi connectivity index (χ4v) is 4.96. The maximum Gasteiger partial charge on any atom is 0.220 e. The zero-order valence-corrected chi connectivity index (χ0v) is 15.4. The lowest BCUT2D eigenvalue weighted by molar-refractivity contribution is -0.121. The van der Waals surface area contributed by atoms with Gasteiger partial charge in [-0.15, -0.1) is 23.7 Å². The van der Waals surface area contributed by atoms with Crippen molar-refractivity contribution in [2.75, 3.05) is 19.6 Å². The van der Waals surface area contributed by atoms with Crippen LogP contribution in [0.5, 0.6) is 0 Å². The van der Waals surface area contributed by atoms with Crippen LogP contribution in [0.3, 0.4) is 0 Å². The molecule has 1 unspecified atom stereocenters. The molecule has 3 rings (SSSR count). The van der Waals surface area contributed by atoms with Gasteiger partial charge in [-0.05, 0) is 56.1 Å². The summed E-state index contributed by atoms with van der Waals surface area (Å²) in [5, 5.41) is 8.79. The van der Waals surface area contributed by atoms with Crippen molar-refractivity contribution in [1.82, 2.24) is 10.6 Å². The van der Waals surface area contributed by atoms with Crippen molar-refractivity contribution in [2.24, 2.45) is 5.92 Å². The fraction of sp³-hybridized carbons (Fsp3) is 0.722. The molecule has 1 aliphatic heterocycles. The predicted molar refractivity (Wildman–Crippen MR) is 99.6 cm³/mol. The highest BCUT2D eigenvalue weighted by Crippen LogP contribution is 2.41. The summed E-state index contributed by atoms with van der Waals surface area (Å²) in [4.78, 5) is 13.7. The minimum absolute atomic E-state index is 0. The van der Waals surface area contributed by atoms with Crippen LogP contribution in [0.2, 0.25) is 0 Å². The normalized spacial score (nSPS) is 23.2. The average Bonchev–Trinajstić information content (AvgIpc) is 3.25. The van der Waals surface area contributed by atoms with E-state index in [1.165, 1.54) is 43.4 Å².